The summed E-state index contributed by atoms with van der Waals surface area (Å²) < 4.78 is 24.1. The van der Waals surface area contributed by atoms with Crippen molar-refractivity contribution < 1.29 is 13.9 Å². The van der Waals surface area contributed by atoms with Gasteiger partial charge in [-0.3, -0.25) is 9.78 Å². The van der Waals surface area contributed by atoms with E-state index in [4.69, 9.17) is 23.4 Å². The number of imidazole rings is 1. The van der Waals surface area contributed by atoms with Crippen LogP contribution in [0.15, 0.2) is 67.3 Å². The summed E-state index contributed by atoms with van der Waals surface area (Å²) in [5.41, 5.74) is 4.37. The van der Waals surface area contributed by atoms with Crippen LogP contribution in [0.1, 0.15) is 29.5 Å². The lowest BCUT2D eigenvalue weighted by Gasteiger charge is -2.14. The smallest absolute Gasteiger partial charge is 0.230 e. The van der Waals surface area contributed by atoms with Gasteiger partial charge in [0, 0.05) is 48.9 Å². The summed E-state index contributed by atoms with van der Waals surface area (Å²) in [4.78, 5) is 25.1. The molecule has 0 bridgehead atoms. The molecule has 11 heteroatoms. The van der Waals surface area contributed by atoms with E-state index in [9.17, 15) is 4.79 Å². The molecular weight excluding hydrogens is 608 g/mol. The number of benzene rings is 2. The van der Waals surface area contributed by atoms with Gasteiger partial charge >= 0.3 is 0 Å². The van der Waals surface area contributed by atoms with Gasteiger partial charge in [-0.25, -0.2) is 9.37 Å². The predicted octanol–water partition coefficient (Wildman–Crippen LogP) is 6.53. The number of aromatic nitrogens is 3. The zero-order chi connectivity index (χ0) is 31.3. The number of rotatable bonds is 9. The normalized spacial score (nSPS) is 13.1. The minimum atomic E-state index is -0.592. The topological polar surface area (TPSA) is 84.3 Å². The van der Waals surface area contributed by atoms with Crippen LogP contribution >= 0.6 is 23.6 Å². The van der Waals surface area contributed by atoms with Crippen LogP contribution in [-0.2, 0) is 17.8 Å². The summed E-state index contributed by atoms with van der Waals surface area (Å²) in [6.45, 7) is 6.18. The van der Waals surface area contributed by atoms with Gasteiger partial charge in [0.15, 0.2) is 16.7 Å². The number of anilines is 1. The maximum Gasteiger partial charge on any atom is 0.230 e. The second-order valence-corrected chi connectivity index (χ2v) is 12.4. The fourth-order valence-electron chi connectivity index (χ4n) is 5.26. The number of thiophene rings is 1. The molecular formula is C34H31FN6O2S2. The van der Waals surface area contributed by atoms with Gasteiger partial charge in [0.2, 0.25) is 5.91 Å². The minimum Gasteiger partial charge on any atom is -0.453 e. The number of carbonyl (C=O) groups excluding carboxylic acids is 1. The molecule has 0 unspecified atom stereocenters. The molecule has 2 N–H and O–H groups in total. The van der Waals surface area contributed by atoms with Crippen molar-refractivity contribution in [1.29, 1.82) is 0 Å². The molecule has 1 fully saturated rings. The van der Waals surface area contributed by atoms with Gasteiger partial charge in [-0.05, 0) is 80.5 Å². The molecule has 4 heterocycles. The summed E-state index contributed by atoms with van der Waals surface area (Å²) in [6.07, 6.45) is 13.7. The van der Waals surface area contributed by atoms with Gasteiger partial charge in [-0.2, -0.15) is 0 Å². The van der Waals surface area contributed by atoms with Crippen LogP contribution in [0.5, 0.6) is 11.5 Å². The zero-order valence-corrected chi connectivity index (χ0v) is 26.3. The number of hydrogen-bond acceptors (Lipinski definition) is 7. The second kappa shape index (κ2) is 13.6. The van der Waals surface area contributed by atoms with E-state index in [1.54, 1.807) is 18.3 Å². The first-order valence-corrected chi connectivity index (χ1v) is 15.8. The van der Waals surface area contributed by atoms with Crippen LogP contribution in [0.2, 0.25) is 0 Å². The number of carbonyl (C=O) groups is 1. The highest BCUT2D eigenvalue weighted by atomic mass is 32.1. The second-order valence-electron chi connectivity index (χ2n) is 10.9. The largest absolute Gasteiger partial charge is 0.453 e. The van der Waals surface area contributed by atoms with Crippen molar-refractivity contribution in [2.45, 2.75) is 32.7 Å². The first-order valence-electron chi connectivity index (χ1n) is 14.6. The van der Waals surface area contributed by atoms with Crippen LogP contribution in [-0.4, -0.2) is 50.1 Å². The summed E-state index contributed by atoms with van der Waals surface area (Å²) in [7, 11) is 0. The van der Waals surface area contributed by atoms with Gasteiger partial charge < -0.3 is 24.8 Å². The minimum absolute atomic E-state index is 0.0443. The van der Waals surface area contributed by atoms with Crippen molar-refractivity contribution in [3.8, 4) is 34.4 Å². The number of ether oxygens (including phenoxy) is 1. The highest BCUT2D eigenvalue weighted by Gasteiger charge is 2.16. The molecule has 8 nitrogen and oxygen atoms in total. The van der Waals surface area contributed by atoms with Crippen molar-refractivity contribution in [3.63, 3.8) is 0 Å². The van der Waals surface area contributed by atoms with Gasteiger partial charge in [-0.1, -0.05) is 18.1 Å². The van der Waals surface area contributed by atoms with Crippen molar-refractivity contribution in [1.82, 2.24) is 24.8 Å². The number of nitrogens with one attached hydrogen (secondary N) is 2. The number of nitrogens with zero attached hydrogens (tertiary/aromatic N) is 4. The lowest BCUT2D eigenvalue weighted by atomic mass is 10.0. The van der Waals surface area contributed by atoms with Crippen molar-refractivity contribution in [3.05, 3.63) is 89.8 Å². The number of terminal acetylenes is 1. The van der Waals surface area contributed by atoms with E-state index >= 15 is 4.39 Å². The molecule has 1 aliphatic heterocycles. The van der Waals surface area contributed by atoms with Gasteiger partial charge in [-0.15, -0.1) is 17.8 Å². The molecule has 0 atom stereocenters. The number of fused-ring (bicyclic) bond motifs is 1. The third-order valence-corrected chi connectivity index (χ3v) is 8.93. The van der Waals surface area contributed by atoms with Crippen LogP contribution < -0.4 is 15.4 Å². The Morgan fingerprint density at radius 1 is 1.11 bits per heavy atom. The van der Waals surface area contributed by atoms with Crippen LogP contribution in [0, 0.1) is 25.1 Å². The predicted molar refractivity (Wildman–Crippen MR) is 180 cm³/mol. The molecule has 45 heavy (non-hydrogen) atoms. The molecule has 0 radical (unpaired) electrons. The highest BCUT2D eigenvalue weighted by molar-refractivity contribution is 7.80. The molecule has 2 aromatic carbocycles. The highest BCUT2D eigenvalue weighted by Crippen LogP contribution is 2.39. The Labute approximate surface area is 270 Å². The van der Waals surface area contributed by atoms with E-state index in [2.05, 4.69) is 42.2 Å². The summed E-state index contributed by atoms with van der Waals surface area (Å²) in [6, 6.07) is 13.7. The van der Waals surface area contributed by atoms with E-state index < -0.39 is 5.82 Å². The number of likely N-dealkylation sites (tertiary alicyclic amines) is 1. The fourth-order valence-corrected chi connectivity index (χ4v) is 6.52. The monoisotopic (exact) mass is 638 g/mol. The van der Waals surface area contributed by atoms with E-state index in [1.165, 1.54) is 49.4 Å². The molecule has 0 spiro atoms. The Morgan fingerprint density at radius 2 is 1.96 bits per heavy atom. The summed E-state index contributed by atoms with van der Waals surface area (Å²) in [5, 5.41) is 5.51. The van der Waals surface area contributed by atoms with Crippen molar-refractivity contribution in [2.24, 2.45) is 0 Å². The van der Waals surface area contributed by atoms with Gasteiger partial charge in [0.25, 0.3) is 0 Å². The molecule has 6 rings (SSSR count). The lowest BCUT2D eigenvalue weighted by Crippen LogP contribution is -2.35. The number of thiocarbonyl (C=S) groups is 1. The average molecular weight is 639 g/mol. The van der Waals surface area contributed by atoms with Crippen LogP contribution in [0.25, 0.3) is 20.8 Å². The lowest BCUT2D eigenvalue weighted by molar-refractivity contribution is -0.119. The van der Waals surface area contributed by atoms with E-state index in [0.29, 0.717) is 17.0 Å². The number of halogens is 1. The SMILES string of the molecule is C#Cc1cc(C)ccc1CC(=O)NC(=S)Nc1ccc(Oc2ccnc3cc(-c4cn(CCN5CCCC5)cn4)sc23)c(F)c1. The first kappa shape index (κ1) is 30.4. The Kier molecular flexibility index (Phi) is 9.16. The quantitative estimate of drug-likeness (QED) is 0.140. The van der Waals surface area contributed by atoms with Crippen LogP contribution in [0.3, 0.4) is 0 Å². The molecule has 0 aliphatic carbocycles. The third-order valence-electron chi connectivity index (χ3n) is 7.57. The fraction of sp³-hybridized carbons (Fsp3) is 0.235. The van der Waals surface area contributed by atoms with Crippen LogP contribution in [0.4, 0.5) is 10.1 Å². The molecule has 5 aromatic rings. The van der Waals surface area contributed by atoms with Gasteiger partial charge in [0.1, 0.15) is 5.75 Å². The maximum atomic E-state index is 15.2. The Bertz CT molecular complexity index is 1920. The summed E-state index contributed by atoms with van der Waals surface area (Å²) >= 11 is 6.78. The Hall–Kier alpha value is -4.63. The Morgan fingerprint density at radius 3 is 2.76 bits per heavy atom. The molecule has 0 saturated carbocycles. The van der Waals surface area contributed by atoms with E-state index in [0.717, 1.165) is 45.0 Å². The van der Waals surface area contributed by atoms with E-state index in [-0.39, 0.29) is 23.2 Å². The average Bonchev–Trinajstić information content (AvgIpc) is 3.79. The molecule has 1 saturated heterocycles. The molecule has 1 amide bonds. The van der Waals surface area contributed by atoms with E-state index in [1.807, 2.05) is 37.5 Å². The number of hydrogen-bond donors (Lipinski definition) is 2. The van der Waals surface area contributed by atoms with Crippen molar-refractivity contribution >= 4 is 50.5 Å². The van der Waals surface area contributed by atoms with Gasteiger partial charge in [0.05, 0.1) is 33.5 Å². The standard InChI is InChI=1S/C34H31FN6O2S2/c1-3-23-16-22(2)6-7-24(23)17-32(42)39-34(44)38-25-8-9-29(26(35)18-25)43-30-10-11-36-27-19-31(45-33(27)30)28-20-41(21-37-28)15-14-40-12-4-5-13-40/h1,6-11,16,18-21H,4-5,12-15,17H2,2H3,(H2,38,39,42,44). The number of pyridine rings is 1. The first-order chi connectivity index (χ1) is 21.8. The molecule has 1 aliphatic rings. The van der Waals surface area contributed by atoms with Crippen molar-refractivity contribution in [2.75, 3.05) is 25.0 Å². The maximum absolute atomic E-state index is 15.2. The number of aryl methyl sites for hydroxylation is 1. The number of amides is 1. The third kappa shape index (κ3) is 7.37. The molecule has 3 aromatic heterocycles. The summed E-state index contributed by atoms with van der Waals surface area (Å²) in [5.74, 6) is 2.22. The Balaban J connectivity index is 1.09. The zero-order valence-electron chi connectivity index (χ0n) is 24.7. The molecule has 228 valence electrons.